The summed E-state index contributed by atoms with van der Waals surface area (Å²) in [6.45, 7) is 2.81. The van der Waals surface area contributed by atoms with Crippen molar-refractivity contribution in [1.29, 1.82) is 0 Å². The normalized spacial score (nSPS) is 23.8. The highest BCUT2D eigenvalue weighted by molar-refractivity contribution is 7.93. The second kappa shape index (κ2) is 7.06. The van der Waals surface area contributed by atoms with Gasteiger partial charge in [-0.1, -0.05) is 12.1 Å². The monoisotopic (exact) mass is 373 g/mol. The van der Waals surface area contributed by atoms with Crippen LogP contribution in [0.15, 0.2) is 48.9 Å². The van der Waals surface area contributed by atoms with Crippen molar-refractivity contribution in [2.24, 2.45) is 5.92 Å². The van der Waals surface area contributed by atoms with Crippen LogP contribution in [0.2, 0.25) is 0 Å². The van der Waals surface area contributed by atoms with Crippen molar-refractivity contribution in [2.45, 2.75) is 24.3 Å². The zero-order chi connectivity index (χ0) is 18.0. The molecule has 1 atom stereocenters. The first-order chi connectivity index (χ1) is 12.6. The average Bonchev–Trinajstić information content (AvgIpc) is 2.88. The van der Waals surface area contributed by atoms with Gasteiger partial charge in [-0.25, -0.2) is 8.42 Å². The second-order valence-electron chi connectivity index (χ2n) is 7.21. The van der Waals surface area contributed by atoms with Crippen LogP contribution in [0.5, 0.6) is 0 Å². The second-order valence-corrected chi connectivity index (χ2v) is 9.66. The predicted molar refractivity (Wildman–Crippen MR) is 98.0 cm³/mol. The third-order valence-electron chi connectivity index (χ3n) is 5.51. The van der Waals surface area contributed by atoms with Crippen molar-refractivity contribution in [3.63, 3.8) is 0 Å². The van der Waals surface area contributed by atoms with Gasteiger partial charge in [0.05, 0.1) is 24.7 Å². The Morgan fingerprint density at radius 1 is 1.19 bits per heavy atom. The fourth-order valence-electron chi connectivity index (χ4n) is 4.07. The lowest BCUT2D eigenvalue weighted by atomic mass is 9.83. The summed E-state index contributed by atoms with van der Waals surface area (Å²) in [6.07, 6.45) is 6.01. The maximum Gasteiger partial charge on any atom is 0.158 e. The first-order valence-corrected chi connectivity index (χ1v) is 10.6. The molecule has 1 unspecified atom stereocenters. The summed E-state index contributed by atoms with van der Waals surface area (Å²) in [4.78, 5) is 10.6. The number of pyridine rings is 2. The Kier molecular flexibility index (Phi) is 4.77. The van der Waals surface area contributed by atoms with Crippen LogP contribution < -0.4 is 0 Å². The molecule has 2 aromatic heterocycles. The van der Waals surface area contributed by atoms with Crippen molar-refractivity contribution in [3.05, 3.63) is 60.2 Å². The zero-order valence-electron chi connectivity index (χ0n) is 14.6. The van der Waals surface area contributed by atoms with Crippen LogP contribution in [0.4, 0.5) is 0 Å². The molecule has 26 heavy (non-hydrogen) atoms. The molecule has 0 saturated carbocycles. The van der Waals surface area contributed by atoms with E-state index in [2.05, 4.69) is 14.9 Å². The number of hydrogen-bond acceptors (Lipinski definition) is 6. The van der Waals surface area contributed by atoms with Crippen molar-refractivity contribution in [1.82, 2.24) is 14.9 Å². The van der Waals surface area contributed by atoms with Crippen molar-refractivity contribution >= 4 is 9.84 Å². The first kappa shape index (κ1) is 17.6. The molecule has 0 aromatic carbocycles. The fourth-order valence-corrected chi connectivity index (χ4v) is 6.52. The van der Waals surface area contributed by atoms with Gasteiger partial charge >= 0.3 is 0 Å². The predicted octanol–water partition coefficient (Wildman–Crippen LogP) is 1.68. The lowest BCUT2D eigenvalue weighted by Gasteiger charge is -2.50. The number of aromatic nitrogens is 2. The van der Waals surface area contributed by atoms with E-state index in [9.17, 15) is 8.42 Å². The molecule has 2 fully saturated rings. The van der Waals surface area contributed by atoms with Gasteiger partial charge < -0.3 is 4.74 Å². The molecule has 1 spiro atoms. The highest BCUT2D eigenvalue weighted by Gasteiger charge is 2.61. The van der Waals surface area contributed by atoms with Gasteiger partial charge in [0.25, 0.3) is 0 Å². The molecule has 0 radical (unpaired) electrons. The number of hydrogen-bond donors (Lipinski definition) is 0. The number of sulfone groups is 1. The Bertz CT molecular complexity index is 837. The van der Waals surface area contributed by atoms with E-state index in [1.807, 2.05) is 36.5 Å². The van der Waals surface area contributed by atoms with Crippen molar-refractivity contribution < 1.29 is 13.2 Å². The van der Waals surface area contributed by atoms with Gasteiger partial charge in [-0.05, 0) is 30.2 Å². The molecule has 4 rings (SSSR count). The van der Waals surface area contributed by atoms with Crippen molar-refractivity contribution in [2.75, 3.05) is 25.4 Å². The Morgan fingerprint density at radius 2 is 2.08 bits per heavy atom. The molecular weight excluding hydrogens is 350 g/mol. The summed E-state index contributed by atoms with van der Waals surface area (Å²) in [7, 11) is -3.07. The van der Waals surface area contributed by atoms with Gasteiger partial charge in [0, 0.05) is 44.1 Å². The fraction of sp³-hybridized carbons (Fsp3) is 0.474. The van der Waals surface area contributed by atoms with Crippen LogP contribution in [0.3, 0.4) is 0 Å². The van der Waals surface area contributed by atoms with E-state index in [4.69, 9.17) is 4.74 Å². The zero-order valence-corrected chi connectivity index (χ0v) is 15.4. The minimum atomic E-state index is -3.07. The standard InChI is InChI=1S/C19H23N3O3S/c23-26(24)9-6-17(12-25-13-18-5-1-2-8-21-18)19(26)14-22(15-19)11-16-4-3-7-20-10-16/h1-5,7-8,10,17H,6,9,11-15H2. The maximum absolute atomic E-state index is 12.7. The van der Waals surface area contributed by atoms with Gasteiger partial charge in [-0.3, -0.25) is 14.9 Å². The lowest BCUT2D eigenvalue weighted by Crippen LogP contribution is -2.67. The first-order valence-electron chi connectivity index (χ1n) is 8.90. The molecule has 6 nitrogen and oxygen atoms in total. The van der Waals surface area contributed by atoms with Crippen LogP contribution in [0, 0.1) is 5.92 Å². The number of likely N-dealkylation sites (tertiary alicyclic amines) is 1. The highest BCUT2D eigenvalue weighted by atomic mass is 32.2. The van der Waals surface area contributed by atoms with E-state index in [-0.39, 0.29) is 11.7 Å². The molecule has 4 heterocycles. The Morgan fingerprint density at radius 3 is 2.81 bits per heavy atom. The van der Waals surface area contributed by atoms with E-state index in [0.29, 0.717) is 32.7 Å². The summed E-state index contributed by atoms with van der Waals surface area (Å²) in [5.41, 5.74) is 1.98. The molecule has 2 aromatic rings. The summed E-state index contributed by atoms with van der Waals surface area (Å²) in [5.74, 6) is 0.326. The van der Waals surface area contributed by atoms with Crippen LogP contribution in [0.25, 0.3) is 0 Å². The molecule has 138 valence electrons. The van der Waals surface area contributed by atoms with Gasteiger partial charge in [0.15, 0.2) is 9.84 Å². The molecule has 7 heteroatoms. The van der Waals surface area contributed by atoms with E-state index >= 15 is 0 Å². The SMILES string of the molecule is O=S1(=O)CCC(COCc2ccccn2)C12CN(Cc1cccnc1)C2. The average molecular weight is 373 g/mol. The third kappa shape index (κ3) is 3.26. The van der Waals surface area contributed by atoms with E-state index < -0.39 is 14.6 Å². The van der Waals surface area contributed by atoms with Gasteiger partial charge in [0.1, 0.15) is 4.75 Å². The van der Waals surface area contributed by atoms with Crippen molar-refractivity contribution in [3.8, 4) is 0 Å². The molecule has 0 amide bonds. The van der Waals surface area contributed by atoms with E-state index in [1.165, 1.54) is 0 Å². The minimum absolute atomic E-state index is 0.0568. The number of ether oxygens (including phenoxy) is 1. The third-order valence-corrected chi connectivity index (χ3v) is 8.11. The number of rotatable bonds is 6. The molecule has 0 N–H and O–H groups in total. The Labute approximate surface area is 154 Å². The maximum atomic E-state index is 12.7. The summed E-state index contributed by atoms with van der Waals surface area (Å²) >= 11 is 0. The van der Waals surface area contributed by atoms with E-state index in [1.54, 1.807) is 12.4 Å². The van der Waals surface area contributed by atoms with Gasteiger partial charge in [-0.2, -0.15) is 0 Å². The smallest absolute Gasteiger partial charge is 0.158 e. The summed E-state index contributed by atoms with van der Waals surface area (Å²) < 4.78 is 30.6. The Balaban J connectivity index is 1.37. The number of nitrogens with zero attached hydrogens (tertiary/aromatic N) is 3. The Hall–Kier alpha value is -1.83. The minimum Gasteiger partial charge on any atom is -0.375 e. The van der Waals surface area contributed by atoms with Crippen LogP contribution in [-0.2, 0) is 27.7 Å². The van der Waals surface area contributed by atoms with E-state index in [0.717, 1.165) is 17.8 Å². The molecule has 0 aliphatic carbocycles. The quantitative estimate of drug-likeness (QED) is 0.767. The molecule has 2 aliphatic rings. The molecule has 0 bridgehead atoms. The van der Waals surface area contributed by atoms with Crippen LogP contribution in [0.1, 0.15) is 17.7 Å². The topological polar surface area (TPSA) is 72.4 Å². The molecular formula is C19H23N3O3S. The molecule has 2 saturated heterocycles. The summed E-state index contributed by atoms with van der Waals surface area (Å²) in [5, 5.41) is 0. The highest BCUT2D eigenvalue weighted by Crippen LogP contribution is 2.45. The van der Waals surface area contributed by atoms with Crippen LogP contribution in [-0.4, -0.2) is 53.5 Å². The van der Waals surface area contributed by atoms with Gasteiger partial charge in [0.2, 0.25) is 0 Å². The van der Waals surface area contributed by atoms with Crippen LogP contribution >= 0.6 is 0 Å². The van der Waals surface area contributed by atoms with Gasteiger partial charge in [-0.15, -0.1) is 0 Å². The largest absolute Gasteiger partial charge is 0.375 e. The lowest BCUT2D eigenvalue weighted by molar-refractivity contribution is 0.0192. The summed E-state index contributed by atoms with van der Waals surface area (Å²) in [6, 6.07) is 9.64. The molecule has 2 aliphatic heterocycles.